The van der Waals surface area contributed by atoms with Gasteiger partial charge in [-0.3, -0.25) is 24.5 Å². The van der Waals surface area contributed by atoms with E-state index >= 15 is 0 Å². The van der Waals surface area contributed by atoms with Crippen molar-refractivity contribution in [1.29, 1.82) is 0 Å². The molecule has 1 spiro atoms. The van der Waals surface area contributed by atoms with E-state index in [1.807, 2.05) is 6.07 Å². The molecule has 7 nitrogen and oxygen atoms in total. The number of nitro benzene ring substituents is 1. The van der Waals surface area contributed by atoms with E-state index in [1.165, 1.54) is 42.5 Å². The third-order valence-corrected chi connectivity index (χ3v) is 8.92. The number of halogens is 3. The molecule has 0 amide bonds. The van der Waals surface area contributed by atoms with Gasteiger partial charge in [-0.05, 0) is 29.3 Å². The number of para-hydroxylation sites is 1. The maximum atomic E-state index is 14.6. The number of nitrogens with zero attached hydrogens (tertiary/aromatic N) is 2. The molecule has 2 heterocycles. The Morgan fingerprint density at radius 1 is 0.841 bits per heavy atom. The highest BCUT2D eigenvalue weighted by Gasteiger charge is 2.71. The molecule has 4 aromatic rings. The summed E-state index contributed by atoms with van der Waals surface area (Å²) in [6.45, 7) is 0. The lowest BCUT2D eigenvalue weighted by atomic mass is 9.64. The first kappa shape index (κ1) is 27.5. The third-order valence-electron chi connectivity index (χ3n) is 8.92. The zero-order valence-corrected chi connectivity index (χ0v) is 22.7. The molecule has 1 aliphatic carbocycles. The number of hydrogen-bond acceptors (Lipinski definition) is 6. The maximum absolute atomic E-state index is 14.6. The van der Waals surface area contributed by atoms with Crippen LogP contribution in [-0.4, -0.2) is 34.4 Å². The number of fused-ring (bicyclic) bond motifs is 5. The summed E-state index contributed by atoms with van der Waals surface area (Å²) in [6, 6.07) is 20.5. The van der Waals surface area contributed by atoms with Crippen LogP contribution in [0, 0.1) is 15.5 Å². The second-order valence-electron chi connectivity index (χ2n) is 11.1. The summed E-state index contributed by atoms with van der Waals surface area (Å²) < 4.78 is 40.8. The van der Waals surface area contributed by atoms with Crippen LogP contribution in [0.2, 0.25) is 0 Å². The summed E-state index contributed by atoms with van der Waals surface area (Å²) in [5, 5.41) is 11.6. The number of alkyl halides is 3. The minimum absolute atomic E-state index is 0.0284. The summed E-state index contributed by atoms with van der Waals surface area (Å²) >= 11 is 0. The molecule has 0 radical (unpaired) electrons. The summed E-state index contributed by atoms with van der Waals surface area (Å²) in [6.07, 6.45) is -1.17. The topological polar surface area (TPSA) is 97.6 Å². The molecular formula is C34H21F3N2O5. The number of carbonyl (C=O) groups is 3. The molecule has 1 fully saturated rings. The van der Waals surface area contributed by atoms with Crippen LogP contribution in [0.25, 0.3) is 6.08 Å². The molecule has 1 saturated heterocycles. The zero-order valence-electron chi connectivity index (χ0n) is 22.7. The highest BCUT2D eigenvalue weighted by molar-refractivity contribution is 6.32. The van der Waals surface area contributed by atoms with E-state index < -0.39 is 57.4 Å². The Balaban J connectivity index is 1.53. The number of nitro groups is 1. The zero-order chi connectivity index (χ0) is 31.0. The molecule has 7 rings (SSSR count). The summed E-state index contributed by atoms with van der Waals surface area (Å²) in [7, 11) is 0. The Morgan fingerprint density at radius 3 is 2.11 bits per heavy atom. The summed E-state index contributed by atoms with van der Waals surface area (Å²) in [5.74, 6) is -2.92. The number of benzene rings is 4. The van der Waals surface area contributed by atoms with Gasteiger partial charge in [0.15, 0.2) is 17.3 Å². The van der Waals surface area contributed by atoms with Crippen LogP contribution in [0.15, 0.2) is 103 Å². The second kappa shape index (κ2) is 9.57. The number of rotatable bonds is 4. The Morgan fingerprint density at radius 2 is 1.48 bits per heavy atom. The van der Waals surface area contributed by atoms with Crippen molar-refractivity contribution in [1.82, 2.24) is 0 Å². The predicted octanol–water partition coefficient (Wildman–Crippen LogP) is 6.93. The SMILES string of the molecule is O=C(c1cccc([N+](=O)[O-])c1)[C@H]1[C@H](c2ccc(C(F)(F)F)cc2)C2(C(=O)c3ccccc3C2=O)[C@@H]2C=Cc3ccccc3N21. The minimum atomic E-state index is -4.64. The van der Waals surface area contributed by atoms with Crippen molar-refractivity contribution in [2.75, 3.05) is 4.90 Å². The Bertz CT molecular complexity index is 1900. The molecule has 0 N–H and O–H groups in total. The van der Waals surface area contributed by atoms with Gasteiger partial charge in [-0.2, -0.15) is 13.2 Å². The lowest BCUT2D eigenvalue weighted by Crippen LogP contribution is -2.48. The van der Waals surface area contributed by atoms with Crippen LogP contribution in [-0.2, 0) is 6.18 Å². The molecule has 218 valence electrons. The van der Waals surface area contributed by atoms with E-state index in [1.54, 1.807) is 47.4 Å². The fourth-order valence-electron chi connectivity index (χ4n) is 7.11. The number of non-ortho nitro benzene ring substituents is 1. The molecule has 4 aromatic carbocycles. The largest absolute Gasteiger partial charge is 0.416 e. The lowest BCUT2D eigenvalue weighted by molar-refractivity contribution is -0.384. The average molecular weight is 595 g/mol. The monoisotopic (exact) mass is 594 g/mol. The van der Waals surface area contributed by atoms with Gasteiger partial charge in [-0.15, -0.1) is 0 Å². The quantitative estimate of drug-likeness (QED) is 0.110. The van der Waals surface area contributed by atoms with Crippen molar-refractivity contribution in [2.45, 2.75) is 24.2 Å². The first-order chi connectivity index (χ1) is 21.0. The van der Waals surface area contributed by atoms with Gasteiger partial charge in [0.25, 0.3) is 5.69 Å². The highest BCUT2D eigenvalue weighted by Crippen LogP contribution is 2.61. The molecule has 0 aromatic heterocycles. The Hall–Kier alpha value is -5.38. The van der Waals surface area contributed by atoms with Crippen LogP contribution in [0.5, 0.6) is 0 Å². The van der Waals surface area contributed by atoms with Gasteiger partial charge in [0.1, 0.15) is 11.5 Å². The van der Waals surface area contributed by atoms with E-state index in [2.05, 4.69) is 0 Å². The van der Waals surface area contributed by atoms with E-state index in [-0.39, 0.29) is 27.9 Å². The molecule has 0 saturated carbocycles. The van der Waals surface area contributed by atoms with Gasteiger partial charge in [-0.1, -0.05) is 78.9 Å². The van der Waals surface area contributed by atoms with Crippen LogP contribution in [0.3, 0.4) is 0 Å². The number of Topliss-reactive ketones (excluding diaryl/α,β-unsaturated/α-hetero) is 3. The van der Waals surface area contributed by atoms with E-state index in [9.17, 15) is 37.7 Å². The molecule has 0 bridgehead atoms. The molecule has 2 aliphatic heterocycles. The van der Waals surface area contributed by atoms with Crippen molar-refractivity contribution in [3.8, 4) is 0 Å². The lowest BCUT2D eigenvalue weighted by Gasteiger charge is -2.37. The standard InChI is InChI=1S/C34H21F3N2O5/c35-34(36,37)22-15-12-20(13-16-22)28-29(30(40)21-7-5-8-23(18-21)39(43)44)38-26-11-4-1-6-19(26)14-17-27(38)33(28)31(41)24-9-2-3-10-25(24)32(33)42/h1-18,27-29H/t27-,28-,29+/m0/s1. The van der Waals surface area contributed by atoms with Gasteiger partial charge in [0.05, 0.1) is 16.5 Å². The number of hydrogen-bond donors (Lipinski definition) is 0. The van der Waals surface area contributed by atoms with Crippen molar-refractivity contribution in [2.24, 2.45) is 5.41 Å². The van der Waals surface area contributed by atoms with Crippen LogP contribution in [0.1, 0.15) is 53.7 Å². The number of ketones is 3. The fraction of sp³-hybridized carbons (Fsp3) is 0.147. The number of anilines is 1. The Labute approximate surface area is 248 Å². The second-order valence-corrected chi connectivity index (χ2v) is 11.1. The molecule has 3 atom stereocenters. The van der Waals surface area contributed by atoms with Gasteiger partial charge < -0.3 is 4.90 Å². The molecular weight excluding hydrogens is 573 g/mol. The van der Waals surface area contributed by atoms with Crippen molar-refractivity contribution in [3.05, 3.63) is 147 Å². The first-order valence-electron chi connectivity index (χ1n) is 13.7. The van der Waals surface area contributed by atoms with Crippen molar-refractivity contribution >= 4 is 34.8 Å². The fourth-order valence-corrected chi connectivity index (χ4v) is 7.11. The van der Waals surface area contributed by atoms with Crippen LogP contribution < -0.4 is 4.90 Å². The first-order valence-corrected chi connectivity index (χ1v) is 13.7. The predicted molar refractivity (Wildman–Crippen MR) is 155 cm³/mol. The van der Waals surface area contributed by atoms with Crippen LogP contribution in [0.4, 0.5) is 24.5 Å². The number of carbonyl (C=O) groups excluding carboxylic acids is 3. The third kappa shape index (κ3) is 3.73. The van der Waals surface area contributed by atoms with Crippen LogP contribution >= 0.6 is 0 Å². The van der Waals surface area contributed by atoms with E-state index in [0.717, 1.165) is 18.2 Å². The van der Waals surface area contributed by atoms with E-state index in [0.29, 0.717) is 11.3 Å². The van der Waals surface area contributed by atoms with Crippen molar-refractivity contribution in [3.63, 3.8) is 0 Å². The van der Waals surface area contributed by atoms with Gasteiger partial charge in [0, 0.05) is 40.4 Å². The molecule has 44 heavy (non-hydrogen) atoms. The molecule has 0 unspecified atom stereocenters. The van der Waals surface area contributed by atoms with Gasteiger partial charge in [-0.25, -0.2) is 0 Å². The van der Waals surface area contributed by atoms with E-state index in [4.69, 9.17) is 0 Å². The molecule has 3 aliphatic rings. The minimum Gasteiger partial charge on any atom is -0.352 e. The smallest absolute Gasteiger partial charge is 0.352 e. The molecule has 10 heteroatoms. The summed E-state index contributed by atoms with van der Waals surface area (Å²) in [5.41, 5.74) is -1.40. The average Bonchev–Trinajstić information content (AvgIpc) is 3.46. The highest BCUT2D eigenvalue weighted by atomic mass is 19.4. The van der Waals surface area contributed by atoms with Gasteiger partial charge in [0.2, 0.25) is 0 Å². The summed E-state index contributed by atoms with van der Waals surface area (Å²) in [4.78, 5) is 56.5. The normalized spacial score (nSPS) is 21.2. The van der Waals surface area contributed by atoms with Gasteiger partial charge >= 0.3 is 6.18 Å². The van der Waals surface area contributed by atoms with Crippen molar-refractivity contribution < 1.29 is 32.5 Å². The Kier molecular flexibility index (Phi) is 5.97. The maximum Gasteiger partial charge on any atom is 0.416 e.